The fourth-order valence-corrected chi connectivity index (χ4v) is 0.262. The fraction of sp³-hybridized carbons (Fsp3) is 0. The Morgan fingerprint density at radius 2 is 1.30 bits per heavy atom. The summed E-state index contributed by atoms with van der Waals surface area (Å²) >= 11 is 0. The second-order valence-electron chi connectivity index (χ2n) is 1.14. The molecule has 0 rings (SSSR count). The summed E-state index contributed by atoms with van der Waals surface area (Å²) in [4.78, 5) is 5.36. The summed E-state index contributed by atoms with van der Waals surface area (Å²) in [5, 5.41) is 16.3. The normalized spacial score (nSPS) is 9.20. The van der Waals surface area contributed by atoms with Crippen molar-refractivity contribution in [1.82, 2.24) is 0 Å². The van der Waals surface area contributed by atoms with Crippen LogP contribution in [0.1, 0.15) is 0 Å². The molecule has 0 amide bonds. The minimum atomic E-state index is -0.447. The molecule has 0 saturated heterocycles. The van der Waals surface area contributed by atoms with Crippen molar-refractivity contribution in [3.05, 3.63) is 34.2 Å². The van der Waals surface area contributed by atoms with E-state index >= 15 is 0 Å². The van der Waals surface area contributed by atoms with E-state index in [-0.39, 0.29) is 0 Å². The Bertz CT molecular complexity index is 257. The molecule has 0 heterocycles. The molecule has 0 aromatic rings. The highest BCUT2D eigenvalue weighted by Crippen LogP contribution is 2.04. The van der Waals surface area contributed by atoms with Gasteiger partial charge in [0.1, 0.15) is 0 Å². The van der Waals surface area contributed by atoms with Gasteiger partial charge in [0, 0.05) is 0 Å². The highest BCUT2D eigenvalue weighted by atomic mass is 14.8. The van der Waals surface area contributed by atoms with Crippen LogP contribution in [0.4, 0.5) is 0 Å². The Hall–Kier alpha value is -2.30. The predicted octanol–water partition coefficient (Wildman–Crippen LogP) is 1.08. The van der Waals surface area contributed by atoms with E-state index in [9.17, 15) is 0 Å². The first kappa shape index (κ1) is 7.70. The van der Waals surface area contributed by atoms with Gasteiger partial charge in [-0.2, -0.15) is 0 Å². The maximum atomic E-state index is 8.14. The summed E-state index contributed by atoms with van der Waals surface area (Å²) in [5.41, 5.74) is -0.894. The molecule has 0 unspecified atom stereocenters. The fourth-order valence-electron chi connectivity index (χ4n) is 0.262. The van der Waals surface area contributed by atoms with E-state index in [1.807, 2.05) is 0 Å². The van der Waals surface area contributed by atoms with Crippen LogP contribution in [-0.2, 0) is 0 Å². The number of hydrogen-bond donors (Lipinski definition) is 0. The van der Waals surface area contributed by atoms with Gasteiger partial charge in [0.15, 0.2) is 0 Å². The Kier molecular flexibility index (Phi) is 2.83. The number of hydrogen-bond acceptors (Lipinski definition) is 2. The molecule has 0 radical (unpaired) electrons. The zero-order valence-corrected chi connectivity index (χ0v) is 4.79. The highest BCUT2D eigenvalue weighted by molar-refractivity contribution is 5.43. The van der Waals surface area contributed by atoms with E-state index in [2.05, 4.69) is 9.69 Å². The molecule has 0 aliphatic carbocycles. The lowest BCUT2D eigenvalue weighted by Crippen LogP contribution is -1.74. The first-order valence-electron chi connectivity index (χ1n) is 2.09. The van der Waals surface area contributed by atoms with Crippen LogP contribution in [0.15, 0.2) is 11.4 Å². The van der Waals surface area contributed by atoms with E-state index < -0.39 is 11.4 Å². The molecular formula is C6N4. The van der Waals surface area contributed by atoms with E-state index in [1.165, 1.54) is 12.1 Å². The molecular weight excluding hydrogens is 128 g/mol. The maximum Gasteiger partial charge on any atom is 0.280 e. The van der Waals surface area contributed by atoms with Gasteiger partial charge >= 0.3 is 0 Å². The summed E-state index contributed by atoms with van der Waals surface area (Å²) in [5.74, 6) is 0. The topological polar surface area (TPSA) is 56.3 Å². The van der Waals surface area contributed by atoms with Gasteiger partial charge in [-0.1, -0.05) is 0 Å². The molecule has 4 nitrogen and oxygen atoms in total. The quantitative estimate of drug-likeness (QED) is 0.362. The maximum absolute atomic E-state index is 8.14. The smallest absolute Gasteiger partial charge is 0.238 e. The zero-order valence-electron chi connectivity index (χ0n) is 4.79. The monoisotopic (exact) mass is 128 g/mol. The van der Waals surface area contributed by atoms with Crippen LogP contribution in [0.25, 0.3) is 9.69 Å². The van der Waals surface area contributed by atoms with Gasteiger partial charge in [0.25, 0.3) is 11.4 Å². The van der Waals surface area contributed by atoms with E-state index in [1.54, 1.807) is 0 Å². The van der Waals surface area contributed by atoms with E-state index in [4.69, 9.17) is 23.7 Å². The van der Waals surface area contributed by atoms with Crippen molar-refractivity contribution < 1.29 is 0 Å². The average molecular weight is 128 g/mol. The minimum absolute atomic E-state index is 0.447. The largest absolute Gasteiger partial charge is 0.280 e. The molecule has 10 heavy (non-hydrogen) atoms. The van der Waals surface area contributed by atoms with Crippen LogP contribution in [0.3, 0.4) is 0 Å². The highest BCUT2D eigenvalue weighted by Gasteiger charge is 2.03. The number of allylic oxidation sites excluding steroid dienone is 2. The third kappa shape index (κ3) is 1.34. The lowest BCUT2D eigenvalue weighted by atomic mass is 10.4. The molecule has 0 aliphatic rings. The van der Waals surface area contributed by atoms with Crippen molar-refractivity contribution in [2.45, 2.75) is 0 Å². The van der Waals surface area contributed by atoms with Crippen molar-refractivity contribution in [3.8, 4) is 12.1 Å². The summed E-state index contributed by atoms with van der Waals surface area (Å²) < 4.78 is 0. The van der Waals surface area contributed by atoms with Crippen LogP contribution in [0.2, 0.25) is 0 Å². The van der Waals surface area contributed by atoms with Gasteiger partial charge in [-0.25, -0.2) is 20.2 Å². The van der Waals surface area contributed by atoms with Crippen molar-refractivity contribution in [2.75, 3.05) is 0 Å². The Morgan fingerprint density at radius 1 is 1.00 bits per heavy atom. The number of nitriles is 2. The van der Waals surface area contributed by atoms with E-state index in [0.29, 0.717) is 0 Å². The van der Waals surface area contributed by atoms with Crippen molar-refractivity contribution in [3.63, 3.8) is 0 Å². The zero-order chi connectivity index (χ0) is 7.98. The van der Waals surface area contributed by atoms with Gasteiger partial charge in [0.05, 0.1) is 25.3 Å². The summed E-state index contributed by atoms with van der Waals surface area (Å²) in [6.07, 6.45) is 0. The van der Waals surface area contributed by atoms with Gasteiger partial charge in [0.2, 0.25) is 0 Å². The van der Waals surface area contributed by atoms with Crippen LogP contribution in [-0.4, -0.2) is 0 Å². The molecule has 4 heteroatoms. The Balaban J connectivity index is 5.12. The summed E-state index contributed by atoms with van der Waals surface area (Å²) in [6, 6.07) is 2.89. The molecule has 44 valence electrons. The second kappa shape index (κ2) is 3.67. The third-order valence-corrected chi connectivity index (χ3v) is 0.660. The van der Waals surface area contributed by atoms with Crippen molar-refractivity contribution in [1.29, 1.82) is 10.5 Å². The van der Waals surface area contributed by atoms with Crippen molar-refractivity contribution in [2.24, 2.45) is 0 Å². The minimum Gasteiger partial charge on any atom is -0.238 e. The third-order valence-electron chi connectivity index (χ3n) is 0.660. The number of nitrogens with zero attached hydrogens (tertiary/aromatic N) is 4. The van der Waals surface area contributed by atoms with Crippen molar-refractivity contribution >= 4 is 0 Å². The Labute approximate surface area is 57.9 Å². The summed E-state index contributed by atoms with van der Waals surface area (Å²) in [7, 11) is 0. The van der Waals surface area contributed by atoms with E-state index in [0.717, 1.165) is 0 Å². The predicted molar refractivity (Wildman–Crippen MR) is 31.5 cm³/mol. The molecule has 0 aromatic heterocycles. The van der Waals surface area contributed by atoms with Gasteiger partial charge in [-0.05, 0) is 0 Å². The lowest BCUT2D eigenvalue weighted by Gasteiger charge is -1.77. The van der Waals surface area contributed by atoms with Crippen LogP contribution < -0.4 is 0 Å². The Morgan fingerprint density at radius 3 is 1.40 bits per heavy atom. The molecule has 0 bridgehead atoms. The number of rotatable bonds is 0. The van der Waals surface area contributed by atoms with Crippen LogP contribution >= 0.6 is 0 Å². The van der Waals surface area contributed by atoms with Gasteiger partial charge in [-0.15, -0.1) is 0 Å². The van der Waals surface area contributed by atoms with Gasteiger partial charge in [-0.3, -0.25) is 0 Å². The SMILES string of the molecule is [C-]#[N+]/C(C#N)=C(/C#N)[N+]#[C-]. The van der Waals surface area contributed by atoms with Crippen LogP contribution in [0, 0.1) is 35.8 Å². The molecule has 0 fully saturated rings. The average Bonchev–Trinajstić information content (AvgIpc) is 2.00. The molecule has 0 spiro atoms. The molecule has 0 aliphatic heterocycles. The van der Waals surface area contributed by atoms with Gasteiger partial charge < -0.3 is 0 Å². The molecule has 0 atom stereocenters. The first-order valence-corrected chi connectivity index (χ1v) is 2.09. The standard InChI is InChI=1S/C6N4/c1-9-5(3-7)6(4-8)10-2/b6-5-. The van der Waals surface area contributed by atoms with Crippen LogP contribution in [0.5, 0.6) is 0 Å². The molecule has 0 aromatic carbocycles. The first-order chi connectivity index (χ1) is 4.79. The molecule has 0 saturated carbocycles. The molecule has 0 N–H and O–H groups in total. The summed E-state index contributed by atoms with van der Waals surface area (Å²) in [6.45, 7) is 12.7. The second-order valence-corrected chi connectivity index (χ2v) is 1.14. The lowest BCUT2D eigenvalue weighted by molar-refractivity contribution is 1.44.